The third-order valence-corrected chi connectivity index (χ3v) is 4.87. The lowest BCUT2D eigenvalue weighted by molar-refractivity contribution is -0.158. The summed E-state index contributed by atoms with van der Waals surface area (Å²) in [6.45, 7) is 5.08. The minimum absolute atomic E-state index is 0.0184. The molecule has 2 rings (SSSR count). The van der Waals surface area contributed by atoms with E-state index in [9.17, 15) is 19.2 Å². The summed E-state index contributed by atoms with van der Waals surface area (Å²) in [6.07, 6.45) is 0.818. The van der Waals surface area contributed by atoms with Crippen LogP contribution < -0.4 is 15.5 Å². The van der Waals surface area contributed by atoms with Gasteiger partial charge in [0.25, 0.3) is 5.91 Å². The normalized spacial score (nSPS) is 17.4. The number of thioether (sulfide) groups is 1. The number of hydrogen-bond acceptors (Lipinski definition) is 6. The Balaban J connectivity index is 1.93. The first-order valence-electron chi connectivity index (χ1n) is 8.97. The molecule has 0 aromatic heterocycles. The van der Waals surface area contributed by atoms with Gasteiger partial charge in [0.05, 0.1) is 5.92 Å². The molecule has 1 aromatic rings. The van der Waals surface area contributed by atoms with Gasteiger partial charge in [-0.3, -0.25) is 19.7 Å². The van der Waals surface area contributed by atoms with E-state index in [1.807, 2.05) is 30.5 Å². The van der Waals surface area contributed by atoms with Crippen molar-refractivity contribution in [3.8, 4) is 0 Å². The lowest BCUT2D eigenvalue weighted by atomic mass is 10.1. The Kier molecular flexibility index (Phi) is 7.45. The van der Waals surface area contributed by atoms with E-state index in [4.69, 9.17) is 4.74 Å². The largest absolute Gasteiger partial charge is 0.452 e. The fourth-order valence-corrected chi connectivity index (χ4v) is 3.18. The van der Waals surface area contributed by atoms with Gasteiger partial charge in [-0.05, 0) is 45.2 Å². The number of amides is 4. The van der Waals surface area contributed by atoms with Crippen molar-refractivity contribution in [3.05, 3.63) is 24.3 Å². The van der Waals surface area contributed by atoms with E-state index < -0.39 is 29.9 Å². The van der Waals surface area contributed by atoms with Crippen molar-refractivity contribution in [1.82, 2.24) is 10.6 Å². The summed E-state index contributed by atoms with van der Waals surface area (Å²) in [6, 6.07) is 6.71. The number of ether oxygens (including phenoxy) is 1. The molecule has 2 atom stereocenters. The van der Waals surface area contributed by atoms with Crippen molar-refractivity contribution < 1.29 is 23.9 Å². The molecule has 0 spiro atoms. The molecule has 4 amide bonds. The molecule has 0 unspecified atom stereocenters. The van der Waals surface area contributed by atoms with Crippen LogP contribution in [0, 0.1) is 5.92 Å². The summed E-state index contributed by atoms with van der Waals surface area (Å²) >= 11 is 1.56. The van der Waals surface area contributed by atoms with Gasteiger partial charge in [-0.1, -0.05) is 6.07 Å². The fourth-order valence-electron chi connectivity index (χ4n) is 2.73. The molecule has 152 valence electrons. The Bertz CT molecular complexity index is 768. The van der Waals surface area contributed by atoms with Crippen LogP contribution in [0.4, 0.5) is 10.5 Å². The number of imide groups is 1. The lowest BCUT2D eigenvalue weighted by Gasteiger charge is -2.18. The van der Waals surface area contributed by atoms with Gasteiger partial charge in [0.2, 0.25) is 5.91 Å². The summed E-state index contributed by atoms with van der Waals surface area (Å²) in [5.74, 6) is -2.19. The minimum Gasteiger partial charge on any atom is -0.452 e. The number of nitrogens with zero attached hydrogens (tertiary/aromatic N) is 1. The topological polar surface area (TPSA) is 105 Å². The van der Waals surface area contributed by atoms with Crippen LogP contribution in [0.2, 0.25) is 0 Å². The van der Waals surface area contributed by atoms with Gasteiger partial charge in [0, 0.05) is 29.6 Å². The second-order valence-corrected chi connectivity index (χ2v) is 7.68. The Morgan fingerprint density at radius 1 is 1.25 bits per heavy atom. The fraction of sp³-hybridized carbons (Fsp3) is 0.474. The van der Waals surface area contributed by atoms with Crippen molar-refractivity contribution in [1.29, 1.82) is 0 Å². The van der Waals surface area contributed by atoms with E-state index in [1.54, 1.807) is 30.5 Å². The van der Waals surface area contributed by atoms with Crippen LogP contribution in [0.3, 0.4) is 0 Å². The molecule has 1 aliphatic rings. The minimum atomic E-state index is -1.14. The zero-order valence-corrected chi connectivity index (χ0v) is 17.2. The van der Waals surface area contributed by atoms with E-state index in [2.05, 4.69) is 10.6 Å². The molecule has 9 heteroatoms. The smallest absolute Gasteiger partial charge is 0.321 e. The van der Waals surface area contributed by atoms with Crippen LogP contribution in [0.15, 0.2) is 29.2 Å². The predicted molar refractivity (Wildman–Crippen MR) is 106 cm³/mol. The van der Waals surface area contributed by atoms with E-state index in [0.717, 1.165) is 10.6 Å². The summed E-state index contributed by atoms with van der Waals surface area (Å²) in [5, 5.41) is 4.63. The number of urea groups is 1. The third-order valence-electron chi connectivity index (χ3n) is 4.14. The van der Waals surface area contributed by atoms with Crippen LogP contribution in [0.5, 0.6) is 0 Å². The number of benzene rings is 1. The van der Waals surface area contributed by atoms with Gasteiger partial charge in [0.1, 0.15) is 0 Å². The molecular weight excluding hydrogens is 382 g/mol. The SMILES string of the molecule is CSc1cccc(N2C[C@H](C(=O)O[C@@H](C)C(=O)NC(=O)NC(C)C)CC2=O)c1. The van der Waals surface area contributed by atoms with E-state index >= 15 is 0 Å². The molecule has 2 N–H and O–H groups in total. The second-order valence-electron chi connectivity index (χ2n) is 6.80. The maximum atomic E-state index is 12.4. The van der Waals surface area contributed by atoms with Gasteiger partial charge < -0.3 is 15.0 Å². The molecule has 1 fully saturated rings. The highest BCUT2D eigenvalue weighted by molar-refractivity contribution is 7.98. The Morgan fingerprint density at radius 3 is 2.61 bits per heavy atom. The first-order chi connectivity index (χ1) is 13.2. The van der Waals surface area contributed by atoms with Crippen molar-refractivity contribution >= 4 is 41.3 Å². The molecule has 1 aliphatic heterocycles. The first kappa shape index (κ1) is 21.7. The molecule has 1 saturated heterocycles. The number of anilines is 1. The summed E-state index contributed by atoms with van der Waals surface area (Å²) < 4.78 is 5.17. The summed E-state index contributed by atoms with van der Waals surface area (Å²) in [4.78, 5) is 50.8. The predicted octanol–water partition coefficient (Wildman–Crippen LogP) is 1.93. The second kappa shape index (κ2) is 9.59. The van der Waals surface area contributed by atoms with Crippen LogP contribution in [0.1, 0.15) is 27.2 Å². The average Bonchev–Trinajstić information content (AvgIpc) is 3.02. The van der Waals surface area contributed by atoms with Gasteiger partial charge in [-0.2, -0.15) is 0 Å². The molecule has 0 aliphatic carbocycles. The van der Waals surface area contributed by atoms with Crippen LogP contribution in [0.25, 0.3) is 0 Å². The van der Waals surface area contributed by atoms with E-state index in [0.29, 0.717) is 0 Å². The van der Waals surface area contributed by atoms with Crippen molar-refractivity contribution in [2.75, 3.05) is 17.7 Å². The monoisotopic (exact) mass is 407 g/mol. The number of rotatable bonds is 6. The number of nitrogens with one attached hydrogen (secondary N) is 2. The van der Waals surface area contributed by atoms with Crippen molar-refractivity contribution in [3.63, 3.8) is 0 Å². The molecule has 1 heterocycles. The summed E-state index contributed by atoms with van der Waals surface area (Å²) in [5.41, 5.74) is 0.725. The third kappa shape index (κ3) is 5.72. The summed E-state index contributed by atoms with van der Waals surface area (Å²) in [7, 11) is 0. The number of carbonyl (C=O) groups excluding carboxylic acids is 4. The van der Waals surface area contributed by atoms with Crippen LogP contribution in [-0.2, 0) is 19.1 Å². The van der Waals surface area contributed by atoms with Crippen molar-refractivity contribution in [2.45, 2.75) is 44.2 Å². The van der Waals surface area contributed by atoms with Gasteiger partial charge in [0.15, 0.2) is 6.10 Å². The van der Waals surface area contributed by atoms with E-state index in [-0.39, 0.29) is 24.9 Å². The zero-order valence-electron chi connectivity index (χ0n) is 16.4. The van der Waals surface area contributed by atoms with Crippen molar-refractivity contribution in [2.24, 2.45) is 5.92 Å². The molecule has 1 aromatic carbocycles. The molecule has 8 nitrogen and oxygen atoms in total. The highest BCUT2D eigenvalue weighted by atomic mass is 32.2. The number of carbonyl (C=O) groups is 4. The number of esters is 1. The van der Waals surface area contributed by atoms with Gasteiger partial charge in [-0.15, -0.1) is 11.8 Å². The highest BCUT2D eigenvalue weighted by Gasteiger charge is 2.37. The molecule has 0 bridgehead atoms. The zero-order chi connectivity index (χ0) is 20.8. The standard InChI is InChI=1S/C19H25N3O5S/c1-11(2)20-19(26)21-17(24)12(3)27-18(25)13-8-16(23)22(10-13)14-6-5-7-15(9-14)28-4/h5-7,9,11-13H,8,10H2,1-4H3,(H2,20,21,24,26)/t12-,13+/m0/s1. The Morgan fingerprint density at radius 2 is 1.96 bits per heavy atom. The van der Waals surface area contributed by atoms with Crippen LogP contribution >= 0.6 is 11.8 Å². The highest BCUT2D eigenvalue weighted by Crippen LogP contribution is 2.28. The number of hydrogen-bond donors (Lipinski definition) is 2. The molecular formula is C19H25N3O5S. The molecule has 0 radical (unpaired) electrons. The Labute approximate surface area is 168 Å². The molecule has 0 saturated carbocycles. The van der Waals surface area contributed by atoms with Gasteiger partial charge >= 0.3 is 12.0 Å². The first-order valence-corrected chi connectivity index (χ1v) is 10.2. The van der Waals surface area contributed by atoms with Crippen LogP contribution in [-0.4, -0.2) is 48.8 Å². The average molecular weight is 407 g/mol. The van der Waals surface area contributed by atoms with E-state index in [1.165, 1.54) is 6.92 Å². The quantitative estimate of drug-likeness (QED) is 0.551. The Hall–Kier alpha value is -2.55. The lowest BCUT2D eigenvalue weighted by Crippen LogP contribution is -2.47. The maximum absolute atomic E-state index is 12.4. The molecule has 28 heavy (non-hydrogen) atoms. The maximum Gasteiger partial charge on any atom is 0.321 e. The van der Waals surface area contributed by atoms with Gasteiger partial charge in [-0.25, -0.2) is 4.79 Å².